The number of Topliss-reactive ketones (excluding diaryl/α,β-unsaturated/α-hetero) is 1. The molecule has 35 heavy (non-hydrogen) atoms. The van der Waals surface area contributed by atoms with Gasteiger partial charge in [-0.15, -0.1) is 0 Å². The first-order valence-electron chi connectivity index (χ1n) is 11.8. The summed E-state index contributed by atoms with van der Waals surface area (Å²) in [6.07, 6.45) is 3.79. The molecule has 2 fully saturated rings. The molecule has 0 radical (unpaired) electrons. The predicted octanol–water partition coefficient (Wildman–Crippen LogP) is 5.15. The van der Waals surface area contributed by atoms with Gasteiger partial charge in [0.05, 0.1) is 24.5 Å². The molecule has 7 nitrogen and oxygen atoms in total. The molecule has 0 bridgehead atoms. The molecule has 1 N–H and O–H groups in total. The summed E-state index contributed by atoms with van der Waals surface area (Å²) in [7, 11) is 1.49. The van der Waals surface area contributed by atoms with E-state index < -0.39 is 17.7 Å². The van der Waals surface area contributed by atoms with Crippen LogP contribution in [0.4, 0.5) is 11.4 Å². The van der Waals surface area contributed by atoms with Crippen molar-refractivity contribution in [3.63, 3.8) is 0 Å². The summed E-state index contributed by atoms with van der Waals surface area (Å²) >= 11 is 0. The number of methoxy groups -OCH3 is 1. The predicted molar refractivity (Wildman–Crippen MR) is 134 cm³/mol. The summed E-state index contributed by atoms with van der Waals surface area (Å²) in [4.78, 5) is 30.3. The van der Waals surface area contributed by atoms with Gasteiger partial charge in [-0.1, -0.05) is 19.1 Å². The molecule has 0 aliphatic carbocycles. The van der Waals surface area contributed by atoms with Crippen LogP contribution in [0.25, 0.3) is 5.76 Å². The second-order valence-electron chi connectivity index (χ2n) is 9.07. The van der Waals surface area contributed by atoms with Crippen LogP contribution < -0.4 is 14.5 Å². The number of anilines is 2. The molecule has 2 aliphatic heterocycles. The van der Waals surface area contributed by atoms with E-state index in [1.807, 2.05) is 24.3 Å². The standard InChI is InChI=1S/C28H28N2O5/c1-18-13-15-29(16-14-18)19-9-11-20(12-10-19)30-25(23-8-5-17-35-23)24(27(32)28(30)33)26(31)21-6-3-4-7-22(21)34-2/h3-12,17-18,25,31H,13-16H2,1-2H3/b26-24-. The van der Waals surface area contributed by atoms with Gasteiger partial charge in [0, 0.05) is 24.5 Å². The normalized spacial score (nSPS) is 20.5. The third-order valence-electron chi connectivity index (χ3n) is 6.90. The maximum Gasteiger partial charge on any atom is 0.300 e. The van der Waals surface area contributed by atoms with E-state index in [1.165, 1.54) is 18.3 Å². The number of amides is 1. The molecular weight excluding hydrogens is 444 g/mol. The van der Waals surface area contributed by atoms with Gasteiger partial charge in [0.15, 0.2) is 0 Å². The van der Waals surface area contributed by atoms with Crippen LogP contribution in [-0.2, 0) is 9.59 Å². The number of para-hydroxylation sites is 1. The number of furan rings is 1. The van der Waals surface area contributed by atoms with Crippen LogP contribution in [0.2, 0.25) is 0 Å². The number of ketones is 1. The van der Waals surface area contributed by atoms with Gasteiger partial charge >= 0.3 is 0 Å². The molecule has 1 unspecified atom stereocenters. The number of nitrogens with zero attached hydrogens (tertiary/aromatic N) is 2. The number of aliphatic hydroxyl groups is 1. The number of carbonyl (C=O) groups excluding carboxylic acids is 2. The number of hydrogen-bond acceptors (Lipinski definition) is 6. The van der Waals surface area contributed by atoms with Gasteiger partial charge < -0.3 is 19.2 Å². The van der Waals surface area contributed by atoms with Gasteiger partial charge in [0.1, 0.15) is 23.3 Å². The van der Waals surface area contributed by atoms with E-state index in [-0.39, 0.29) is 11.3 Å². The van der Waals surface area contributed by atoms with Crippen molar-refractivity contribution in [2.45, 2.75) is 25.8 Å². The summed E-state index contributed by atoms with van der Waals surface area (Å²) in [5.74, 6) is -0.284. The highest BCUT2D eigenvalue weighted by atomic mass is 16.5. The Hall–Kier alpha value is -4.00. The molecular formula is C28H28N2O5. The molecule has 2 saturated heterocycles. The van der Waals surface area contributed by atoms with Crippen molar-refractivity contribution in [1.82, 2.24) is 0 Å². The average Bonchev–Trinajstić information content (AvgIpc) is 3.51. The van der Waals surface area contributed by atoms with Gasteiger partial charge in [-0.05, 0) is 67.3 Å². The Kier molecular flexibility index (Phi) is 6.07. The maximum absolute atomic E-state index is 13.3. The van der Waals surface area contributed by atoms with Gasteiger partial charge in [-0.2, -0.15) is 0 Å². The fraction of sp³-hybridized carbons (Fsp3) is 0.286. The summed E-state index contributed by atoms with van der Waals surface area (Å²) in [5.41, 5.74) is 1.94. The second kappa shape index (κ2) is 9.33. The van der Waals surface area contributed by atoms with Crippen LogP contribution in [0.3, 0.4) is 0 Å². The quantitative estimate of drug-likeness (QED) is 0.314. The van der Waals surface area contributed by atoms with E-state index in [1.54, 1.807) is 36.4 Å². The molecule has 1 amide bonds. The third kappa shape index (κ3) is 4.07. The Morgan fingerprint density at radius 1 is 0.971 bits per heavy atom. The monoisotopic (exact) mass is 472 g/mol. The van der Waals surface area contributed by atoms with E-state index in [4.69, 9.17) is 9.15 Å². The molecule has 7 heteroatoms. The van der Waals surface area contributed by atoms with Crippen molar-refractivity contribution in [3.05, 3.63) is 83.8 Å². The maximum atomic E-state index is 13.3. The van der Waals surface area contributed by atoms with E-state index in [9.17, 15) is 14.7 Å². The van der Waals surface area contributed by atoms with E-state index in [0.29, 0.717) is 22.8 Å². The Morgan fingerprint density at radius 3 is 2.31 bits per heavy atom. The number of aliphatic hydroxyl groups excluding tert-OH is 1. The zero-order valence-corrected chi connectivity index (χ0v) is 19.8. The van der Waals surface area contributed by atoms with Gasteiger partial charge in [-0.25, -0.2) is 0 Å². The number of rotatable bonds is 5. The summed E-state index contributed by atoms with van der Waals surface area (Å²) < 4.78 is 11.0. The average molecular weight is 473 g/mol. The lowest BCUT2D eigenvalue weighted by Crippen LogP contribution is -2.33. The van der Waals surface area contributed by atoms with Crippen LogP contribution in [-0.4, -0.2) is 37.0 Å². The lowest BCUT2D eigenvalue weighted by molar-refractivity contribution is -0.132. The van der Waals surface area contributed by atoms with Crippen LogP contribution in [0, 0.1) is 5.92 Å². The van der Waals surface area contributed by atoms with Gasteiger partial charge in [0.25, 0.3) is 11.7 Å². The van der Waals surface area contributed by atoms with E-state index in [0.717, 1.165) is 37.5 Å². The number of carbonyl (C=O) groups is 2. The molecule has 2 aliphatic rings. The van der Waals surface area contributed by atoms with Gasteiger partial charge in [0.2, 0.25) is 0 Å². The van der Waals surface area contributed by atoms with Crippen LogP contribution in [0.5, 0.6) is 5.75 Å². The molecule has 1 aromatic heterocycles. The molecule has 5 rings (SSSR count). The highest BCUT2D eigenvalue weighted by Crippen LogP contribution is 2.43. The second-order valence-corrected chi connectivity index (χ2v) is 9.07. The molecule has 1 atom stereocenters. The SMILES string of the molecule is COc1ccccc1/C(O)=C1/C(=O)C(=O)N(c2ccc(N3CCC(C)CC3)cc2)C1c1ccco1. The smallest absolute Gasteiger partial charge is 0.300 e. The van der Waals surface area contributed by atoms with Crippen molar-refractivity contribution in [2.24, 2.45) is 5.92 Å². The third-order valence-corrected chi connectivity index (χ3v) is 6.90. The van der Waals surface area contributed by atoms with Crippen molar-refractivity contribution in [3.8, 4) is 5.75 Å². The summed E-state index contributed by atoms with van der Waals surface area (Å²) in [6.45, 7) is 4.27. The molecule has 2 aromatic carbocycles. The first-order valence-corrected chi connectivity index (χ1v) is 11.8. The largest absolute Gasteiger partial charge is 0.507 e. The molecule has 180 valence electrons. The minimum absolute atomic E-state index is 0.0384. The van der Waals surface area contributed by atoms with Crippen LogP contribution in [0.15, 0.2) is 76.9 Å². The van der Waals surface area contributed by atoms with Crippen molar-refractivity contribution >= 4 is 28.8 Å². The Morgan fingerprint density at radius 2 is 1.66 bits per heavy atom. The fourth-order valence-corrected chi connectivity index (χ4v) is 4.89. The number of benzene rings is 2. The van der Waals surface area contributed by atoms with E-state index in [2.05, 4.69) is 11.8 Å². The Balaban J connectivity index is 1.56. The molecule has 3 heterocycles. The first kappa shape index (κ1) is 22.8. The minimum Gasteiger partial charge on any atom is -0.507 e. The zero-order valence-electron chi connectivity index (χ0n) is 19.8. The lowest BCUT2D eigenvalue weighted by Gasteiger charge is -2.32. The number of ether oxygens (including phenoxy) is 1. The topological polar surface area (TPSA) is 83.2 Å². The van der Waals surface area contributed by atoms with Crippen LogP contribution >= 0.6 is 0 Å². The number of piperidine rings is 1. The Labute approximate surface area is 204 Å². The first-order chi connectivity index (χ1) is 17.0. The molecule has 3 aromatic rings. The van der Waals surface area contributed by atoms with Crippen molar-refractivity contribution in [1.29, 1.82) is 0 Å². The lowest BCUT2D eigenvalue weighted by atomic mass is 9.98. The van der Waals surface area contributed by atoms with Crippen molar-refractivity contribution < 1.29 is 23.8 Å². The zero-order chi connectivity index (χ0) is 24.5. The Bertz CT molecular complexity index is 1250. The summed E-state index contributed by atoms with van der Waals surface area (Å²) in [5, 5.41) is 11.2. The van der Waals surface area contributed by atoms with E-state index >= 15 is 0 Å². The minimum atomic E-state index is -0.906. The molecule has 0 spiro atoms. The highest BCUT2D eigenvalue weighted by molar-refractivity contribution is 6.51. The van der Waals surface area contributed by atoms with Crippen LogP contribution in [0.1, 0.15) is 37.1 Å². The number of hydrogen-bond donors (Lipinski definition) is 1. The molecule has 0 saturated carbocycles. The highest BCUT2D eigenvalue weighted by Gasteiger charge is 2.48. The fourth-order valence-electron chi connectivity index (χ4n) is 4.89. The van der Waals surface area contributed by atoms with Crippen molar-refractivity contribution in [2.75, 3.05) is 30.0 Å². The summed E-state index contributed by atoms with van der Waals surface area (Å²) in [6, 6.07) is 17.0. The van der Waals surface area contributed by atoms with Gasteiger partial charge in [-0.3, -0.25) is 14.5 Å².